The van der Waals surface area contributed by atoms with Crippen LogP contribution in [0.25, 0.3) is 0 Å². The van der Waals surface area contributed by atoms with Crippen LogP contribution in [0.4, 0.5) is 10.1 Å². The molecule has 0 saturated carbocycles. The summed E-state index contributed by atoms with van der Waals surface area (Å²) in [7, 11) is 4.88. The predicted octanol–water partition coefficient (Wildman–Crippen LogP) is 3.30. The first-order valence-electron chi connectivity index (χ1n) is 7.97. The summed E-state index contributed by atoms with van der Waals surface area (Å²) in [4.78, 5) is 14.1. The second-order valence-corrected chi connectivity index (χ2v) is 5.71. The van der Waals surface area contributed by atoms with E-state index >= 15 is 0 Å². The number of ether oxygens (including phenoxy) is 2. The molecule has 0 saturated heterocycles. The minimum atomic E-state index is -0.387. The summed E-state index contributed by atoms with van der Waals surface area (Å²) in [5.41, 5.74) is 1.47. The molecule has 0 aliphatic rings. The highest BCUT2D eigenvalue weighted by molar-refractivity contribution is 5.92. The fraction of sp³-hybridized carbons (Fsp3) is 0.316. The molecule has 1 amide bonds. The highest BCUT2D eigenvalue weighted by Crippen LogP contribution is 2.23. The van der Waals surface area contributed by atoms with Crippen molar-refractivity contribution < 1.29 is 18.7 Å². The van der Waals surface area contributed by atoms with Gasteiger partial charge in [-0.2, -0.15) is 0 Å². The first kappa shape index (κ1) is 18.7. The third-order valence-corrected chi connectivity index (χ3v) is 3.77. The molecule has 6 heteroatoms. The Morgan fingerprint density at radius 1 is 1.12 bits per heavy atom. The van der Waals surface area contributed by atoms with Gasteiger partial charge in [-0.05, 0) is 36.9 Å². The molecule has 0 fully saturated rings. The summed E-state index contributed by atoms with van der Waals surface area (Å²) in [6.07, 6.45) is 0.327. The molecule has 0 heterocycles. The number of nitrogens with zero attached hydrogens (tertiary/aromatic N) is 1. The number of anilines is 1. The van der Waals surface area contributed by atoms with Gasteiger partial charge in [-0.3, -0.25) is 4.79 Å². The smallest absolute Gasteiger partial charge is 0.225 e. The average Bonchev–Trinajstić information content (AvgIpc) is 2.60. The van der Waals surface area contributed by atoms with Gasteiger partial charge in [-0.1, -0.05) is 18.2 Å². The number of hydrogen-bond acceptors (Lipinski definition) is 4. The molecular weight excluding hydrogens is 323 g/mol. The fourth-order valence-corrected chi connectivity index (χ4v) is 2.45. The van der Waals surface area contributed by atoms with Crippen molar-refractivity contribution in [1.29, 1.82) is 0 Å². The highest BCUT2D eigenvalue weighted by Gasteiger charge is 2.10. The number of nitrogens with one attached hydrogen (secondary N) is 1. The van der Waals surface area contributed by atoms with E-state index in [0.717, 1.165) is 5.56 Å². The molecule has 0 aliphatic carbocycles. The molecule has 25 heavy (non-hydrogen) atoms. The Bertz CT molecular complexity index is 722. The van der Waals surface area contributed by atoms with Crippen LogP contribution in [0, 0.1) is 5.82 Å². The number of halogens is 1. The molecule has 1 N–H and O–H groups in total. The largest absolute Gasteiger partial charge is 0.495 e. The number of amides is 1. The molecule has 0 radical (unpaired) electrons. The lowest BCUT2D eigenvalue weighted by Gasteiger charge is -2.17. The third kappa shape index (κ3) is 5.46. The lowest BCUT2D eigenvalue weighted by molar-refractivity contribution is -0.116. The van der Waals surface area contributed by atoms with E-state index in [1.807, 2.05) is 30.1 Å². The molecule has 2 rings (SSSR count). The van der Waals surface area contributed by atoms with Crippen molar-refractivity contribution in [2.75, 3.05) is 33.1 Å². The number of para-hydroxylation sites is 2. The maximum atomic E-state index is 13.7. The maximum Gasteiger partial charge on any atom is 0.225 e. The van der Waals surface area contributed by atoms with Gasteiger partial charge in [0.05, 0.1) is 19.9 Å². The Morgan fingerprint density at radius 3 is 2.52 bits per heavy atom. The van der Waals surface area contributed by atoms with Crippen molar-refractivity contribution in [3.63, 3.8) is 0 Å². The van der Waals surface area contributed by atoms with Crippen molar-refractivity contribution >= 4 is 11.6 Å². The molecule has 0 aliphatic heterocycles. The Kier molecular flexibility index (Phi) is 6.77. The van der Waals surface area contributed by atoms with Crippen LogP contribution in [0.3, 0.4) is 0 Å². The highest BCUT2D eigenvalue weighted by atomic mass is 19.1. The summed E-state index contributed by atoms with van der Waals surface area (Å²) in [6.45, 7) is 1.09. The second-order valence-electron chi connectivity index (χ2n) is 5.71. The monoisotopic (exact) mass is 346 g/mol. The normalized spacial score (nSPS) is 10.6. The zero-order chi connectivity index (χ0) is 18.2. The summed E-state index contributed by atoms with van der Waals surface area (Å²) in [5.74, 6) is 0.361. The van der Waals surface area contributed by atoms with Gasteiger partial charge >= 0.3 is 0 Å². The zero-order valence-corrected chi connectivity index (χ0v) is 14.7. The van der Waals surface area contributed by atoms with Crippen LogP contribution in [0.1, 0.15) is 12.0 Å². The topological polar surface area (TPSA) is 50.8 Å². The Balaban J connectivity index is 1.84. The number of carbonyl (C=O) groups is 1. The van der Waals surface area contributed by atoms with Crippen molar-refractivity contribution in [2.45, 2.75) is 13.0 Å². The van der Waals surface area contributed by atoms with Crippen molar-refractivity contribution in [3.05, 3.63) is 53.8 Å². The van der Waals surface area contributed by atoms with Gasteiger partial charge in [0, 0.05) is 19.5 Å². The van der Waals surface area contributed by atoms with Gasteiger partial charge in [0.25, 0.3) is 0 Å². The Labute approximate surface area is 147 Å². The molecular formula is C19H23FN2O3. The van der Waals surface area contributed by atoms with Crippen LogP contribution >= 0.6 is 0 Å². The molecule has 0 unspecified atom stereocenters. The van der Waals surface area contributed by atoms with Crippen LogP contribution in [0.15, 0.2) is 42.5 Å². The Hall–Kier alpha value is -2.60. The lowest BCUT2D eigenvalue weighted by Crippen LogP contribution is -2.24. The molecule has 0 bridgehead atoms. The lowest BCUT2D eigenvalue weighted by atomic mass is 10.2. The minimum Gasteiger partial charge on any atom is -0.495 e. The second kappa shape index (κ2) is 9.03. The van der Waals surface area contributed by atoms with E-state index in [-0.39, 0.29) is 17.5 Å². The minimum absolute atomic E-state index is 0.0998. The molecule has 0 spiro atoms. The fourth-order valence-electron chi connectivity index (χ4n) is 2.45. The molecule has 134 valence electrons. The number of carbonyl (C=O) groups excluding carboxylic acids is 1. The van der Waals surface area contributed by atoms with E-state index in [1.165, 1.54) is 13.2 Å². The summed E-state index contributed by atoms with van der Waals surface area (Å²) >= 11 is 0. The predicted molar refractivity (Wildman–Crippen MR) is 95.5 cm³/mol. The van der Waals surface area contributed by atoms with Crippen LogP contribution in [-0.4, -0.2) is 38.6 Å². The van der Waals surface area contributed by atoms with Gasteiger partial charge in [-0.15, -0.1) is 0 Å². The van der Waals surface area contributed by atoms with Gasteiger partial charge < -0.3 is 19.7 Å². The van der Waals surface area contributed by atoms with Crippen LogP contribution in [0.5, 0.6) is 11.5 Å². The Morgan fingerprint density at radius 2 is 1.84 bits per heavy atom. The van der Waals surface area contributed by atoms with E-state index in [0.29, 0.717) is 30.9 Å². The molecule has 0 atom stereocenters. The maximum absolute atomic E-state index is 13.7. The number of methoxy groups -OCH3 is 2. The number of hydrogen-bond donors (Lipinski definition) is 1. The standard InChI is InChI=1S/C19H23FN2O3/c1-22(13-14-8-9-17(24-2)15(20)12-14)11-10-19(23)21-16-6-4-5-7-18(16)25-3/h4-9,12H,10-11,13H2,1-3H3,(H,21,23). The number of rotatable bonds is 8. The van der Waals surface area contributed by atoms with E-state index in [9.17, 15) is 9.18 Å². The van der Waals surface area contributed by atoms with E-state index in [1.54, 1.807) is 25.3 Å². The van der Waals surface area contributed by atoms with Crippen molar-refractivity contribution in [2.24, 2.45) is 0 Å². The molecule has 2 aromatic rings. The summed E-state index contributed by atoms with van der Waals surface area (Å²) in [6, 6.07) is 12.1. The van der Waals surface area contributed by atoms with Crippen LogP contribution in [0.2, 0.25) is 0 Å². The van der Waals surface area contributed by atoms with Crippen LogP contribution in [-0.2, 0) is 11.3 Å². The van der Waals surface area contributed by atoms with Crippen LogP contribution < -0.4 is 14.8 Å². The van der Waals surface area contributed by atoms with E-state index < -0.39 is 0 Å². The van der Waals surface area contributed by atoms with E-state index in [2.05, 4.69) is 5.32 Å². The van der Waals surface area contributed by atoms with Gasteiger partial charge in [-0.25, -0.2) is 4.39 Å². The zero-order valence-electron chi connectivity index (χ0n) is 14.7. The van der Waals surface area contributed by atoms with Gasteiger partial charge in [0.15, 0.2) is 11.6 Å². The average molecular weight is 346 g/mol. The van der Waals surface area contributed by atoms with Crippen molar-refractivity contribution in [1.82, 2.24) is 4.90 Å². The first-order chi connectivity index (χ1) is 12.0. The summed E-state index contributed by atoms with van der Waals surface area (Å²) < 4.78 is 23.8. The molecule has 5 nitrogen and oxygen atoms in total. The first-order valence-corrected chi connectivity index (χ1v) is 7.97. The number of benzene rings is 2. The van der Waals surface area contributed by atoms with Gasteiger partial charge in [0.2, 0.25) is 5.91 Å². The molecule has 2 aromatic carbocycles. The summed E-state index contributed by atoms with van der Waals surface area (Å²) in [5, 5.41) is 2.84. The quantitative estimate of drug-likeness (QED) is 0.797. The van der Waals surface area contributed by atoms with Gasteiger partial charge in [0.1, 0.15) is 5.75 Å². The molecule has 0 aromatic heterocycles. The van der Waals surface area contributed by atoms with E-state index in [4.69, 9.17) is 9.47 Å². The SMILES string of the molecule is COc1ccc(CN(C)CCC(=O)Nc2ccccc2OC)cc1F. The van der Waals surface area contributed by atoms with Crippen molar-refractivity contribution in [3.8, 4) is 11.5 Å². The third-order valence-electron chi connectivity index (χ3n) is 3.77.